The maximum Gasteiger partial charge on any atom is 0.279 e. The molecule has 0 heterocycles. The van der Waals surface area contributed by atoms with Crippen LogP contribution in [-0.2, 0) is 11.3 Å². The zero-order chi connectivity index (χ0) is 22.2. The number of benzene rings is 3. The van der Waals surface area contributed by atoms with E-state index in [1.165, 1.54) is 11.1 Å². The van der Waals surface area contributed by atoms with Gasteiger partial charge in [-0.25, -0.2) is 0 Å². The van der Waals surface area contributed by atoms with Gasteiger partial charge in [0.15, 0.2) is 6.54 Å². The number of aryl methyl sites for hydroxylation is 1. The van der Waals surface area contributed by atoms with Crippen LogP contribution in [0.3, 0.4) is 0 Å². The molecule has 31 heavy (non-hydrogen) atoms. The molecule has 0 saturated heterocycles. The number of quaternary nitrogens is 1. The van der Waals surface area contributed by atoms with E-state index in [1.807, 2.05) is 19.2 Å². The molecular weight excluding hydrogens is 390 g/mol. The summed E-state index contributed by atoms with van der Waals surface area (Å²) in [5, 5.41) is 5.73. The van der Waals surface area contributed by atoms with E-state index in [4.69, 9.17) is 4.74 Å². The molecule has 3 aromatic carbocycles. The molecule has 0 aliphatic rings. The van der Waals surface area contributed by atoms with Gasteiger partial charge in [0, 0.05) is 22.5 Å². The summed E-state index contributed by atoms with van der Waals surface area (Å²) in [5.74, 6) is 0.441. The lowest BCUT2D eigenvalue weighted by atomic mass is 10.1. The van der Waals surface area contributed by atoms with E-state index in [-0.39, 0.29) is 11.8 Å². The van der Waals surface area contributed by atoms with Gasteiger partial charge in [0.2, 0.25) is 0 Å². The van der Waals surface area contributed by atoms with Gasteiger partial charge in [0.1, 0.15) is 12.3 Å². The van der Waals surface area contributed by atoms with Crippen molar-refractivity contribution in [2.75, 3.05) is 31.3 Å². The van der Waals surface area contributed by atoms with Crippen LogP contribution >= 0.6 is 0 Å². The van der Waals surface area contributed by atoms with Crippen molar-refractivity contribution >= 4 is 23.2 Å². The smallest absolute Gasteiger partial charge is 0.279 e. The summed E-state index contributed by atoms with van der Waals surface area (Å²) >= 11 is 0. The Morgan fingerprint density at radius 2 is 1.48 bits per heavy atom. The zero-order valence-corrected chi connectivity index (χ0v) is 18.1. The van der Waals surface area contributed by atoms with Crippen molar-refractivity contribution < 1.29 is 19.2 Å². The van der Waals surface area contributed by atoms with Gasteiger partial charge in [-0.05, 0) is 61.0 Å². The van der Waals surface area contributed by atoms with Crippen molar-refractivity contribution in [3.63, 3.8) is 0 Å². The molecule has 1 atom stereocenters. The standard InChI is InChI=1S/C25H27N3O3/c1-18-6-4-5-7-20(18)16-28(2)17-24(29)26-21-10-8-19(9-11-21)25(30)27-22-12-14-23(31-3)15-13-22/h4-15H,16-17H2,1-3H3,(H,26,29)(H,27,30)/p+1. The van der Waals surface area contributed by atoms with Gasteiger partial charge in [-0.1, -0.05) is 24.3 Å². The highest BCUT2D eigenvalue weighted by atomic mass is 16.5. The lowest BCUT2D eigenvalue weighted by molar-refractivity contribution is -0.885. The molecule has 3 aromatic rings. The van der Waals surface area contributed by atoms with Crippen LogP contribution in [0.2, 0.25) is 0 Å². The maximum atomic E-state index is 12.4. The van der Waals surface area contributed by atoms with Crippen LogP contribution in [0.4, 0.5) is 11.4 Å². The second kappa shape index (κ2) is 10.4. The first-order valence-electron chi connectivity index (χ1n) is 10.2. The molecule has 2 amide bonds. The van der Waals surface area contributed by atoms with E-state index >= 15 is 0 Å². The predicted molar refractivity (Wildman–Crippen MR) is 123 cm³/mol. The molecule has 0 aliphatic carbocycles. The number of ether oxygens (including phenoxy) is 1. The highest BCUT2D eigenvalue weighted by molar-refractivity contribution is 6.04. The number of hydrogen-bond acceptors (Lipinski definition) is 3. The average molecular weight is 419 g/mol. The molecule has 0 fully saturated rings. The summed E-state index contributed by atoms with van der Waals surface area (Å²) in [6.07, 6.45) is 0. The van der Waals surface area contributed by atoms with Gasteiger partial charge < -0.3 is 20.3 Å². The van der Waals surface area contributed by atoms with Crippen LogP contribution < -0.4 is 20.3 Å². The molecule has 3 N–H and O–H groups in total. The lowest BCUT2D eigenvalue weighted by Gasteiger charge is -2.15. The Hall–Kier alpha value is -3.64. The van der Waals surface area contributed by atoms with Crippen LogP contribution in [0, 0.1) is 6.92 Å². The molecule has 0 spiro atoms. The molecule has 160 valence electrons. The quantitative estimate of drug-likeness (QED) is 0.527. The molecule has 6 heteroatoms. The monoisotopic (exact) mass is 418 g/mol. The minimum Gasteiger partial charge on any atom is -0.497 e. The molecule has 0 aliphatic heterocycles. The van der Waals surface area contributed by atoms with E-state index in [2.05, 4.69) is 29.7 Å². The lowest BCUT2D eigenvalue weighted by Crippen LogP contribution is -3.08. The number of hydrogen-bond donors (Lipinski definition) is 3. The number of nitrogens with one attached hydrogen (secondary N) is 3. The SMILES string of the molecule is COc1ccc(NC(=O)c2ccc(NC(=O)C[NH+](C)Cc3ccccc3C)cc2)cc1. The minimum absolute atomic E-state index is 0.0680. The summed E-state index contributed by atoms with van der Waals surface area (Å²) in [4.78, 5) is 25.9. The van der Waals surface area contributed by atoms with Crippen LogP contribution in [-0.4, -0.2) is 32.5 Å². The van der Waals surface area contributed by atoms with Gasteiger partial charge in [-0.15, -0.1) is 0 Å². The fourth-order valence-corrected chi connectivity index (χ4v) is 3.26. The van der Waals surface area contributed by atoms with Gasteiger partial charge in [0.25, 0.3) is 11.8 Å². The van der Waals surface area contributed by atoms with Crippen LogP contribution in [0.1, 0.15) is 21.5 Å². The first-order valence-corrected chi connectivity index (χ1v) is 10.2. The maximum absolute atomic E-state index is 12.4. The Morgan fingerprint density at radius 3 is 2.13 bits per heavy atom. The normalized spacial score (nSPS) is 11.5. The molecule has 0 saturated carbocycles. The first kappa shape index (κ1) is 22.1. The predicted octanol–water partition coefficient (Wildman–Crippen LogP) is 2.91. The van der Waals surface area contributed by atoms with Crippen LogP contribution in [0.25, 0.3) is 0 Å². The average Bonchev–Trinajstić information content (AvgIpc) is 2.76. The molecule has 6 nitrogen and oxygen atoms in total. The van der Waals surface area contributed by atoms with Crippen molar-refractivity contribution in [1.29, 1.82) is 0 Å². The Kier molecular flexibility index (Phi) is 7.40. The summed E-state index contributed by atoms with van der Waals surface area (Å²) in [5.41, 5.74) is 4.32. The molecule has 0 bridgehead atoms. The Bertz CT molecular complexity index is 1030. The van der Waals surface area contributed by atoms with Crippen LogP contribution in [0.15, 0.2) is 72.8 Å². The number of amides is 2. The van der Waals surface area contributed by atoms with Gasteiger partial charge in [-0.3, -0.25) is 9.59 Å². The van der Waals surface area contributed by atoms with E-state index < -0.39 is 0 Å². The fraction of sp³-hybridized carbons (Fsp3) is 0.200. The number of carbonyl (C=O) groups is 2. The van der Waals surface area contributed by atoms with Gasteiger partial charge >= 0.3 is 0 Å². The largest absolute Gasteiger partial charge is 0.497 e. The Morgan fingerprint density at radius 1 is 0.871 bits per heavy atom. The van der Waals surface area contributed by atoms with E-state index in [0.29, 0.717) is 23.5 Å². The number of rotatable bonds is 8. The van der Waals surface area contributed by atoms with Crippen molar-refractivity contribution in [3.8, 4) is 5.75 Å². The van der Waals surface area contributed by atoms with Crippen LogP contribution in [0.5, 0.6) is 5.75 Å². The number of likely N-dealkylation sites (N-methyl/N-ethyl adjacent to an activating group) is 1. The van der Waals surface area contributed by atoms with E-state index in [1.54, 1.807) is 55.6 Å². The summed E-state index contributed by atoms with van der Waals surface area (Å²) < 4.78 is 5.11. The molecule has 0 radical (unpaired) electrons. The van der Waals surface area contributed by atoms with E-state index in [9.17, 15) is 9.59 Å². The molecular formula is C25H28N3O3+. The van der Waals surface area contributed by atoms with Crippen molar-refractivity contribution in [3.05, 3.63) is 89.5 Å². The van der Waals surface area contributed by atoms with Crippen molar-refractivity contribution in [2.24, 2.45) is 0 Å². The third-order valence-corrected chi connectivity index (χ3v) is 4.99. The third kappa shape index (κ3) is 6.42. The summed E-state index contributed by atoms with van der Waals surface area (Å²) in [6.45, 7) is 3.22. The Balaban J connectivity index is 1.51. The topological polar surface area (TPSA) is 71.9 Å². The van der Waals surface area contributed by atoms with Crippen molar-refractivity contribution in [2.45, 2.75) is 13.5 Å². The van der Waals surface area contributed by atoms with E-state index in [0.717, 1.165) is 17.2 Å². The number of anilines is 2. The fourth-order valence-electron chi connectivity index (χ4n) is 3.26. The highest BCUT2D eigenvalue weighted by Crippen LogP contribution is 2.16. The van der Waals surface area contributed by atoms with Crippen molar-refractivity contribution in [1.82, 2.24) is 0 Å². The minimum atomic E-state index is -0.217. The van der Waals surface area contributed by atoms with Gasteiger partial charge in [-0.2, -0.15) is 0 Å². The Labute approximate surface area is 182 Å². The molecule has 1 unspecified atom stereocenters. The first-order chi connectivity index (χ1) is 14.9. The highest BCUT2D eigenvalue weighted by Gasteiger charge is 2.13. The number of carbonyl (C=O) groups excluding carboxylic acids is 2. The van der Waals surface area contributed by atoms with Gasteiger partial charge in [0.05, 0.1) is 14.2 Å². The number of methoxy groups -OCH3 is 1. The molecule has 3 rings (SSSR count). The third-order valence-electron chi connectivity index (χ3n) is 4.99. The second-order valence-corrected chi connectivity index (χ2v) is 7.55. The molecule has 0 aromatic heterocycles. The zero-order valence-electron chi connectivity index (χ0n) is 18.1. The second-order valence-electron chi connectivity index (χ2n) is 7.55. The summed E-state index contributed by atoms with van der Waals surface area (Å²) in [6, 6.07) is 22.2. The summed E-state index contributed by atoms with van der Waals surface area (Å²) in [7, 11) is 3.59.